The summed E-state index contributed by atoms with van der Waals surface area (Å²) in [4.78, 5) is 34.1. The van der Waals surface area contributed by atoms with E-state index in [-0.39, 0.29) is 5.78 Å². The summed E-state index contributed by atoms with van der Waals surface area (Å²) in [5.74, 6) is -0.473. The number of carbonyl (C=O) groups excluding carboxylic acids is 2. The van der Waals surface area contributed by atoms with Crippen LogP contribution in [-0.2, 0) is 4.84 Å². The molecule has 132 valence electrons. The number of carbonyl (C=O) groups is 2. The predicted molar refractivity (Wildman–Crippen MR) is 102 cm³/mol. The van der Waals surface area contributed by atoms with Gasteiger partial charge in [0.1, 0.15) is 6.04 Å². The molecule has 0 bridgehead atoms. The lowest BCUT2D eigenvalue weighted by molar-refractivity contribution is -0.109. The molecule has 0 radical (unpaired) electrons. The largest absolute Gasteiger partial charge is 0.363 e. The first-order chi connectivity index (χ1) is 12.6. The zero-order chi connectivity index (χ0) is 18.1. The van der Waals surface area contributed by atoms with Gasteiger partial charge in [0.2, 0.25) is 0 Å². The smallest absolute Gasteiger partial charge is 0.357 e. The number of aromatic nitrogens is 1. The normalized spacial score (nSPS) is 17.5. The fraction of sp³-hybridized carbons (Fsp3) is 0.200. The van der Waals surface area contributed by atoms with E-state index in [0.29, 0.717) is 24.1 Å². The van der Waals surface area contributed by atoms with E-state index in [2.05, 4.69) is 20.9 Å². The number of hydroxylamine groups is 2. The summed E-state index contributed by atoms with van der Waals surface area (Å²) in [6.45, 7) is 0.557. The fourth-order valence-corrected chi connectivity index (χ4v) is 3.68. The van der Waals surface area contributed by atoms with Crippen molar-refractivity contribution >= 4 is 38.6 Å². The molecule has 5 nitrogen and oxygen atoms in total. The summed E-state index contributed by atoms with van der Waals surface area (Å²) in [7, 11) is 0. The van der Waals surface area contributed by atoms with Gasteiger partial charge in [-0.2, -0.15) is 0 Å². The van der Waals surface area contributed by atoms with Crippen LogP contribution in [0.4, 0.5) is 0 Å². The number of H-pyrrole nitrogens is 1. The molecule has 1 aliphatic rings. The first-order valence-electron chi connectivity index (χ1n) is 8.48. The molecule has 2 heterocycles. The molecule has 1 saturated heterocycles. The Morgan fingerprint density at radius 2 is 1.96 bits per heavy atom. The summed E-state index contributed by atoms with van der Waals surface area (Å²) >= 11 is 3.45. The third-order valence-corrected chi connectivity index (χ3v) is 5.12. The van der Waals surface area contributed by atoms with Gasteiger partial charge in [0.05, 0.1) is 5.56 Å². The van der Waals surface area contributed by atoms with Gasteiger partial charge in [-0.1, -0.05) is 34.1 Å². The number of nitrogens with one attached hydrogen (secondary N) is 1. The van der Waals surface area contributed by atoms with Crippen molar-refractivity contribution in [3.05, 3.63) is 70.3 Å². The zero-order valence-electron chi connectivity index (χ0n) is 13.9. The highest BCUT2D eigenvalue weighted by Crippen LogP contribution is 2.28. The van der Waals surface area contributed by atoms with Crippen molar-refractivity contribution in [2.75, 3.05) is 6.54 Å². The number of ketones is 1. The molecule has 6 heteroatoms. The number of Topliss-reactive ketones (excluding diaryl/α,β-unsaturated/α-hetero) is 1. The average Bonchev–Trinajstić information content (AvgIpc) is 3.28. The number of nitrogens with zero attached hydrogens (tertiary/aromatic N) is 1. The lowest BCUT2D eigenvalue weighted by atomic mass is 10.0. The summed E-state index contributed by atoms with van der Waals surface area (Å²) in [5.41, 5.74) is 2.00. The quantitative estimate of drug-likeness (QED) is 0.646. The number of halogens is 1. The van der Waals surface area contributed by atoms with Crippen molar-refractivity contribution in [1.82, 2.24) is 10.0 Å². The SMILES string of the molecule is O=C(ON1CCCC1C(=O)c1c[nH]c2ccc(Br)cc12)c1ccccc1. The summed E-state index contributed by atoms with van der Waals surface area (Å²) < 4.78 is 0.914. The third kappa shape index (κ3) is 3.18. The van der Waals surface area contributed by atoms with Crippen LogP contribution in [0.2, 0.25) is 0 Å². The van der Waals surface area contributed by atoms with Gasteiger partial charge < -0.3 is 9.82 Å². The average molecular weight is 413 g/mol. The van der Waals surface area contributed by atoms with Crippen molar-refractivity contribution in [2.45, 2.75) is 18.9 Å². The molecule has 0 aliphatic carbocycles. The first-order valence-corrected chi connectivity index (χ1v) is 9.27. The van der Waals surface area contributed by atoms with Crippen LogP contribution < -0.4 is 0 Å². The molecular weight excluding hydrogens is 396 g/mol. The molecule has 3 aromatic rings. The van der Waals surface area contributed by atoms with E-state index in [0.717, 1.165) is 21.8 Å². The molecule has 1 aromatic heterocycles. The van der Waals surface area contributed by atoms with E-state index in [1.54, 1.807) is 30.5 Å². The maximum absolute atomic E-state index is 13.1. The van der Waals surface area contributed by atoms with Crippen molar-refractivity contribution in [3.63, 3.8) is 0 Å². The van der Waals surface area contributed by atoms with Crippen molar-refractivity contribution in [1.29, 1.82) is 0 Å². The highest BCUT2D eigenvalue weighted by atomic mass is 79.9. The highest BCUT2D eigenvalue weighted by molar-refractivity contribution is 9.10. The van der Waals surface area contributed by atoms with Crippen LogP contribution in [0.5, 0.6) is 0 Å². The molecular formula is C20H17BrN2O3. The second-order valence-electron chi connectivity index (χ2n) is 6.30. The van der Waals surface area contributed by atoms with Crippen LogP contribution in [0.1, 0.15) is 33.6 Å². The van der Waals surface area contributed by atoms with Gasteiger partial charge in [-0.05, 0) is 43.2 Å². The Bertz CT molecular complexity index is 968. The van der Waals surface area contributed by atoms with Gasteiger partial charge in [0.15, 0.2) is 5.78 Å². The monoisotopic (exact) mass is 412 g/mol. The maximum atomic E-state index is 13.1. The molecule has 2 aromatic carbocycles. The molecule has 1 aliphatic heterocycles. The summed E-state index contributed by atoms with van der Waals surface area (Å²) in [6, 6.07) is 14.1. The topological polar surface area (TPSA) is 62.4 Å². The Hall–Kier alpha value is -2.44. The Labute approximate surface area is 159 Å². The van der Waals surface area contributed by atoms with E-state index in [9.17, 15) is 9.59 Å². The molecule has 1 unspecified atom stereocenters. The Kier molecular flexibility index (Phi) is 4.61. The van der Waals surface area contributed by atoms with Crippen LogP contribution in [0.25, 0.3) is 10.9 Å². The van der Waals surface area contributed by atoms with Crippen LogP contribution in [0.3, 0.4) is 0 Å². The number of aromatic amines is 1. The standard InChI is InChI=1S/C20H17BrN2O3/c21-14-8-9-17-15(11-14)16(12-22-17)19(24)18-7-4-10-23(18)26-20(25)13-5-2-1-3-6-13/h1-3,5-6,8-9,11-12,18,22H,4,7,10H2. The molecule has 0 spiro atoms. The maximum Gasteiger partial charge on any atom is 0.357 e. The number of fused-ring (bicyclic) bond motifs is 1. The van der Waals surface area contributed by atoms with E-state index in [1.807, 2.05) is 24.3 Å². The van der Waals surface area contributed by atoms with E-state index in [4.69, 9.17) is 4.84 Å². The molecule has 1 fully saturated rings. The van der Waals surface area contributed by atoms with Gasteiger partial charge >= 0.3 is 5.97 Å². The molecule has 4 rings (SSSR count). The van der Waals surface area contributed by atoms with Crippen LogP contribution in [0, 0.1) is 0 Å². The Morgan fingerprint density at radius 1 is 1.15 bits per heavy atom. The molecule has 26 heavy (non-hydrogen) atoms. The van der Waals surface area contributed by atoms with Crippen LogP contribution in [-0.4, -0.2) is 34.4 Å². The fourth-order valence-electron chi connectivity index (χ4n) is 3.32. The van der Waals surface area contributed by atoms with Crippen LogP contribution in [0.15, 0.2) is 59.2 Å². The van der Waals surface area contributed by atoms with E-state index in [1.165, 1.54) is 5.06 Å². The van der Waals surface area contributed by atoms with Crippen molar-refractivity contribution in [2.24, 2.45) is 0 Å². The minimum atomic E-state index is -0.458. The number of rotatable bonds is 4. The second kappa shape index (κ2) is 7.05. The molecule has 0 amide bonds. The lowest BCUT2D eigenvalue weighted by Gasteiger charge is -2.22. The highest BCUT2D eigenvalue weighted by Gasteiger charge is 2.35. The lowest BCUT2D eigenvalue weighted by Crippen LogP contribution is -2.37. The van der Waals surface area contributed by atoms with Gasteiger partial charge in [-0.25, -0.2) is 4.79 Å². The Balaban J connectivity index is 1.57. The molecule has 1 N–H and O–H groups in total. The third-order valence-electron chi connectivity index (χ3n) is 4.63. The van der Waals surface area contributed by atoms with E-state index >= 15 is 0 Å². The number of hydrogen-bond acceptors (Lipinski definition) is 4. The van der Waals surface area contributed by atoms with Crippen molar-refractivity contribution in [3.8, 4) is 0 Å². The Morgan fingerprint density at radius 3 is 2.77 bits per heavy atom. The number of hydrogen-bond donors (Lipinski definition) is 1. The first kappa shape index (κ1) is 17.0. The van der Waals surface area contributed by atoms with E-state index < -0.39 is 12.0 Å². The predicted octanol–water partition coefficient (Wildman–Crippen LogP) is 4.35. The van der Waals surface area contributed by atoms with Crippen molar-refractivity contribution < 1.29 is 14.4 Å². The minimum Gasteiger partial charge on any atom is -0.363 e. The minimum absolute atomic E-state index is 0.0345. The molecule has 1 atom stereocenters. The van der Waals surface area contributed by atoms with Crippen LogP contribution >= 0.6 is 15.9 Å². The van der Waals surface area contributed by atoms with Gasteiger partial charge in [-0.15, -0.1) is 5.06 Å². The zero-order valence-corrected chi connectivity index (χ0v) is 15.5. The van der Waals surface area contributed by atoms with Gasteiger partial charge in [-0.3, -0.25) is 4.79 Å². The second-order valence-corrected chi connectivity index (χ2v) is 7.22. The summed E-state index contributed by atoms with van der Waals surface area (Å²) in [6.07, 6.45) is 3.21. The summed E-state index contributed by atoms with van der Waals surface area (Å²) in [5, 5.41) is 2.39. The molecule has 0 saturated carbocycles. The number of benzene rings is 2. The van der Waals surface area contributed by atoms with Gasteiger partial charge in [0.25, 0.3) is 0 Å². The van der Waals surface area contributed by atoms with Gasteiger partial charge in [0, 0.05) is 33.7 Å².